The van der Waals surface area contributed by atoms with E-state index in [1.165, 1.54) is 16.4 Å². The molecule has 0 aliphatic carbocycles. The Hall–Kier alpha value is -2.58. The average molecular weight is 372 g/mol. The molecule has 4 rings (SSSR count). The van der Waals surface area contributed by atoms with Crippen LogP contribution in [0.4, 0.5) is 4.39 Å². The van der Waals surface area contributed by atoms with Crippen molar-refractivity contribution in [3.63, 3.8) is 0 Å². The summed E-state index contributed by atoms with van der Waals surface area (Å²) in [7, 11) is -3.64. The third-order valence-corrected chi connectivity index (χ3v) is 6.46. The largest absolute Gasteiger partial charge is 0.309 e. The van der Waals surface area contributed by atoms with Gasteiger partial charge in [-0.05, 0) is 30.7 Å². The van der Waals surface area contributed by atoms with Crippen molar-refractivity contribution < 1.29 is 12.8 Å². The van der Waals surface area contributed by atoms with E-state index in [1.807, 2.05) is 34.9 Å². The Morgan fingerprint density at radius 3 is 2.50 bits per heavy atom. The molecule has 0 amide bonds. The molecule has 6 nitrogen and oxygen atoms in total. The van der Waals surface area contributed by atoms with Gasteiger partial charge in [-0.25, -0.2) is 12.8 Å². The van der Waals surface area contributed by atoms with E-state index in [4.69, 9.17) is 0 Å². The van der Waals surface area contributed by atoms with Gasteiger partial charge >= 0.3 is 0 Å². The van der Waals surface area contributed by atoms with Gasteiger partial charge in [0.25, 0.3) is 0 Å². The number of hydrogen-bond donors (Lipinski definition) is 0. The maximum atomic E-state index is 13.1. The lowest BCUT2D eigenvalue weighted by Crippen LogP contribution is -2.29. The number of halogens is 1. The van der Waals surface area contributed by atoms with E-state index in [1.54, 1.807) is 6.33 Å². The van der Waals surface area contributed by atoms with Crippen molar-refractivity contribution in [2.24, 2.45) is 0 Å². The second-order valence-corrected chi connectivity index (χ2v) is 8.13. The van der Waals surface area contributed by atoms with Gasteiger partial charge in [0.05, 0.1) is 10.9 Å². The summed E-state index contributed by atoms with van der Waals surface area (Å²) in [4.78, 5) is 0.103. The van der Waals surface area contributed by atoms with Crippen LogP contribution in [0.5, 0.6) is 0 Å². The second-order valence-electron chi connectivity index (χ2n) is 6.19. The van der Waals surface area contributed by atoms with Gasteiger partial charge in [0, 0.05) is 18.7 Å². The summed E-state index contributed by atoms with van der Waals surface area (Å²) >= 11 is 0. The number of sulfonamides is 1. The highest BCUT2D eigenvalue weighted by Gasteiger charge is 2.34. The summed E-state index contributed by atoms with van der Waals surface area (Å²) in [5.41, 5.74) is 0.935. The zero-order valence-electron chi connectivity index (χ0n) is 13.9. The SMILES string of the molecule is O=S(=O)(c1ccc(F)cc1)N1CCC(n2cnnc2-c2ccccc2)C1. The third-order valence-electron chi connectivity index (χ3n) is 4.58. The van der Waals surface area contributed by atoms with Crippen LogP contribution in [0, 0.1) is 5.82 Å². The van der Waals surface area contributed by atoms with Crippen molar-refractivity contribution in [2.75, 3.05) is 13.1 Å². The van der Waals surface area contributed by atoms with E-state index in [9.17, 15) is 12.8 Å². The fourth-order valence-corrected chi connectivity index (χ4v) is 4.71. The van der Waals surface area contributed by atoms with Crippen molar-refractivity contribution in [1.82, 2.24) is 19.1 Å². The van der Waals surface area contributed by atoms with Crippen LogP contribution in [0.3, 0.4) is 0 Å². The highest BCUT2D eigenvalue weighted by atomic mass is 32.2. The topological polar surface area (TPSA) is 68.1 Å². The first-order valence-electron chi connectivity index (χ1n) is 8.26. The van der Waals surface area contributed by atoms with Crippen molar-refractivity contribution in [2.45, 2.75) is 17.4 Å². The molecule has 0 bridgehead atoms. The normalized spacial score (nSPS) is 18.3. The van der Waals surface area contributed by atoms with E-state index in [0.29, 0.717) is 19.5 Å². The van der Waals surface area contributed by atoms with Gasteiger partial charge in [-0.15, -0.1) is 10.2 Å². The molecule has 0 N–H and O–H groups in total. The van der Waals surface area contributed by atoms with Gasteiger partial charge in [0.1, 0.15) is 12.1 Å². The van der Waals surface area contributed by atoms with Crippen molar-refractivity contribution in [3.8, 4) is 11.4 Å². The number of benzene rings is 2. The van der Waals surface area contributed by atoms with Crippen LogP contribution in [0.15, 0.2) is 65.8 Å². The zero-order valence-corrected chi connectivity index (χ0v) is 14.7. The smallest absolute Gasteiger partial charge is 0.243 e. The van der Waals surface area contributed by atoms with Gasteiger partial charge < -0.3 is 4.57 Å². The molecular formula is C18H17FN4O2S. The minimum atomic E-state index is -3.64. The van der Waals surface area contributed by atoms with Crippen LogP contribution < -0.4 is 0 Å². The van der Waals surface area contributed by atoms with Crippen molar-refractivity contribution >= 4 is 10.0 Å². The van der Waals surface area contributed by atoms with Crippen LogP contribution in [-0.4, -0.2) is 40.6 Å². The predicted octanol–water partition coefficient (Wildman–Crippen LogP) is 2.72. The Labute approximate surface area is 151 Å². The van der Waals surface area contributed by atoms with E-state index in [2.05, 4.69) is 10.2 Å². The fourth-order valence-electron chi connectivity index (χ4n) is 3.22. The molecular weight excluding hydrogens is 355 g/mol. The first-order valence-corrected chi connectivity index (χ1v) is 9.70. The third kappa shape index (κ3) is 3.02. The van der Waals surface area contributed by atoms with Crippen LogP contribution >= 0.6 is 0 Å². The minimum absolute atomic E-state index is 0.0459. The summed E-state index contributed by atoms with van der Waals surface area (Å²) < 4.78 is 42.0. The Kier molecular flexibility index (Phi) is 4.29. The molecule has 26 heavy (non-hydrogen) atoms. The molecule has 1 aliphatic rings. The second kappa shape index (κ2) is 6.62. The molecule has 3 aromatic rings. The molecule has 1 aliphatic heterocycles. The first-order chi connectivity index (χ1) is 12.6. The number of rotatable bonds is 4. The van der Waals surface area contributed by atoms with Gasteiger partial charge in [0.15, 0.2) is 5.82 Å². The maximum Gasteiger partial charge on any atom is 0.243 e. The number of aromatic nitrogens is 3. The standard InChI is InChI=1S/C18H17FN4O2S/c19-15-6-8-17(9-7-15)26(24,25)22-11-10-16(12-22)23-13-20-21-18(23)14-4-2-1-3-5-14/h1-9,13,16H,10-12H2. The van der Waals surface area contributed by atoms with E-state index in [0.717, 1.165) is 23.5 Å². The van der Waals surface area contributed by atoms with Crippen molar-refractivity contribution in [3.05, 3.63) is 66.7 Å². The van der Waals surface area contributed by atoms with Gasteiger partial charge in [-0.1, -0.05) is 30.3 Å². The summed E-state index contributed by atoms with van der Waals surface area (Å²) in [5.74, 6) is 0.261. The molecule has 134 valence electrons. The summed E-state index contributed by atoms with van der Waals surface area (Å²) in [6.45, 7) is 0.731. The number of nitrogens with zero attached hydrogens (tertiary/aromatic N) is 4. The van der Waals surface area contributed by atoms with Crippen molar-refractivity contribution in [1.29, 1.82) is 0 Å². The Morgan fingerprint density at radius 2 is 1.77 bits per heavy atom. The number of hydrogen-bond acceptors (Lipinski definition) is 4. The molecule has 0 spiro atoms. The van der Waals surface area contributed by atoms with Crippen LogP contribution in [-0.2, 0) is 10.0 Å². The lowest BCUT2D eigenvalue weighted by atomic mass is 10.2. The van der Waals surface area contributed by atoms with Crippen LogP contribution in [0.2, 0.25) is 0 Å². The monoisotopic (exact) mass is 372 g/mol. The van der Waals surface area contributed by atoms with E-state index in [-0.39, 0.29) is 10.9 Å². The van der Waals surface area contributed by atoms with Gasteiger partial charge in [-0.2, -0.15) is 4.31 Å². The Balaban J connectivity index is 1.58. The Morgan fingerprint density at radius 1 is 1.04 bits per heavy atom. The van der Waals surface area contributed by atoms with Gasteiger partial charge in [-0.3, -0.25) is 0 Å². The van der Waals surface area contributed by atoms with Crippen LogP contribution in [0.1, 0.15) is 12.5 Å². The highest BCUT2D eigenvalue weighted by molar-refractivity contribution is 7.89. The predicted molar refractivity (Wildman–Crippen MR) is 94.3 cm³/mol. The quantitative estimate of drug-likeness (QED) is 0.706. The molecule has 8 heteroatoms. The average Bonchev–Trinajstić information content (AvgIpc) is 3.32. The minimum Gasteiger partial charge on any atom is -0.309 e. The molecule has 1 saturated heterocycles. The lowest BCUT2D eigenvalue weighted by Gasteiger charge is -2.18. The molecule has 0 radical (unpaired) electrons. The fraction of sp³-hybridized carbons (Fsp3) is 0.222. The molecule has 0 saturated carbocycles. The van der Waals surface area contributed by atoms with E-state index >= 15 is 0 Å². The highest BCUT2D eigenvalue weighted by Crippen LogP contribution is 2.30. The van der Waals surface area contributed by atoms with Gasteiger partial charge in [0.2, 0.25) is 10.0 Å². The molecule has 1 aromatic heterocycles. The molecule has 1 unspecified atom stereocenters. The molecule has 2 aromatic carbocycles. The van der Waals surface area contributed by atoms with Crippen LogP contribution in [0.25, 0.3) is 11.4 Å². The molecule has 2 heterocycles. The summed E-state index contributed by atoms with van der Waals surface area (Å²) in [6.07, 6.45) is 2.30. The lowest BCUT2D eigenvalue weighted by molar-refractivity contribution is 0.452. The summed E-state index contributed by atoms with van der Waals surface area (Å²) in [6, 6.07) is 14.5. The molecule has 1 fully saturated rings. The Bertz CT molecular complexity index is 1000. The van der Waals surface area contributed by atoms with E-state index < -0.39 is 15.8 Å². The zero-order chi connectivity index (χ0) is 18.1. The summed E-state index contributed by atoms with van der Waals surface area (Å²) in [5, 5.41) is 8.19. The molecule has 1 atom stereocenters. The first kappa shape index (κ1) is 16.9. The maximum absolute atomic E-state index is 13.1.